The second-order valence-corrected chi connectivity index (χ2v) is 4.82. The Balaban J connectivity index is 2.04. The third kappa shape index (κ3) is 3.52. The van der Waals surface area contributed by atoms with Crippen molar-refractivity contribution in [3.8, 4) is 0 Å². The maximum atomic E-state index is 11.0. The minimum absolute atomic E-state index is 0.112. The lowest BCUT2D eigenvalue weighted by Crippen LogP contribution is -2.31. The topological polar surface area (TPSA) is 100 Å². The summed E-state index contributed by atoms with van der Waals surface area (Å²) < 4.78 is 0. The lowest BCUT2D eigenvalue weighted by atomic mass is 9.86. The molecule has 1 fully saturated rings. The minimum Gasteiger partial charge on any atom is -0.481 e. The summed E-state index contributed by atoms with van der Waals surface area (Å²) in [4.78, 5) is 23.6. The van der Waals surface area contributed by atoms with E-state index < -0.39 is 5.97 Å². The highest BCUT2D eigenvalue weighted by Crippen LogP contribution is 2.26. The van der Waals surface area contributed by atoms with Gasteiger partial charge in [-0.1, -0.05) is 6.42 Å². The van der Waals surface area contributed by atoms with Gasteiger partial charge in [0.1, 0.15) is 5.82 Å². The first-order chi connectivity index (χ1) is 9.08. The normalized spacial score (nSPS) is 22.8. The van der Waals surface area contributed by atoms with Crippen molar-refractivity contribution >= 4 is 17.9 Å². The lowest BCUT2D eigenvalue weighted by Gasteiger charge is -2.27. The molecule has 7 nitrogen and oxygen atoms in total. The van der Waals surface area contributed by atoms with Crippen LogP contribution in [0.25, 0.3) is 0 Å². The fourth-order valence-corrected chi connectivity index (χ4v) is 2.39. The number of hydrogen-bond donors (Lipinski definition) is 3. The molecule has 1 aliphatic rings. The minimum atomic E-state index is -0.714. The molecule has 0 unspecified atom stereocenters. The van der Waals surface area contributed by atoms with Crippen LogP contribution in [0.3, 0.4) is 0 Å². The van der Waals surface area contributed by atoms with Crippen molar-refractivity contribution in [2.24, 2.45) is 5.92 Å². The van der Waals surface area contributed by atoms with Gasteiger partial charge in [0.2, 0.25) is 11.9 Å². The average molecular weight is 265 g/mol. The van der Waals surface area contributed by atoms with Crippen LogP contribution in [-0.2, 0) is 4.79 Å². The van der Waals surface area contributed by atoms with E-state index in [0.717, 1.165) is 19.3 Å². The van der Waals surface area contributed by atoms with E-state index in [1.165, 1.54) is 0 Å². The van der Waals surface area contributed by atoms with Crippen LogP contribution in [0, 0.1) is 12.8 Å². The van der Waals surface area contributed by atoms with Crippen LogP contribution in [-0.4, -0.2) is 39.1 Å². The lowest BCUT2D eigenvalue weighted by molar-refractivity contribution is -0.142. The van der Waals surface area contributed by atoms with Gasteiger partial charge in [-0.3, -0.25) is 4.79 Å². The van der Waals surface area contributed by atoms with Gasteiger partial charge in [-0.25, -0.2) is 0 Å². The number of carboxylic acid groups (broad SMARTS) is 1. The second kappa shape index (κ2) is 5.81. The van der Waals surface area contributed by atoms with Crippen LogP contribution in [0.1, 0.15) is 31.5 Å². The summed E-state index contributed by atoms with van der Waals surface area (Å²) in [6.45, 7) is 1.80. The average Bonchev–Trinajstić information content (AvgIpc) is 2.38. The van der Waals surface area contributed by atoms with Gasteiger partial charge in [0.05, 0.1) is 5.92 Å². The Labute approximate surface area is 111 Å². The Morgan fingerprint density at radius 1 is 1.26 bits per heavy atom. The van der Waals surface area contributed by atoms with Gasteiger partial charge in [0.15, 0.2) is 0 Å². The zero-order chi connectivity index (χ0) is 13.8. The summed E-state index contributed by atoms with van der Waals surface area (Å²) in [7, 11) is 1.75. The van der Waals surface area contributed by atoms with Crippen molar-refractivity contribution < 1.29 is 9.90 Å². The number of carbonyl (C=O) groups is 1. The van der Waals surface area contributed by atoms with Crippen molar-refractivity contribution in [1.82, 2.24) is 15.0 Å². The number of aliphatic carboxylic acids is 1. The van der Waals surface area contributed by atoms with Gasteiger partial charge < -0.3 is 15.7 Å². The molecule has 0 bridgehead atoms. The van der Waals surface area contributed by atoms with E-state index in [1.807, 2.05) is 0 Å². The van der Waals surface area contributed by atoms with Crippen LogP contribution >= 0.6 is 0 Å². The number of carboxylic acids is 1. The zero-order valence-electron chi connectivity index (χ0n) is 11.2. The number of anilines is 2. The van der Waals surface area contributed by atoms with Gasteiger partial charge in [-0.2, -0.15) is 15.0 Å². The van der Waals surface area contributed by atoms with Gasteiger partial charge in [0, 0.05) is 13.1 Å². The summed E-state index contributed by atoms with van der Waals surface area (Å²) in [6, 6.07) is 0.112. The van der Waals surface area contributed by atoms with Gasteiger partial charge in [-0.15, -0.1) is 0 Å². The molecule has 2 rings (SSSR count). The summed E-state index contributed by atoms with van der Waals surface area (Å²) >= 11 is 0. The van der Waals surface area contributed by atoms with Crippen LogP contribution < -0.4 is 10.6 Å². The number of hydrogen-bond acceptors (Lipinski definition) is 6. The highest BCUT2D eigenvalue weighted by Gasteiger charge is 2.27. The Morgan fingerprint density at radius 2 is 2.00 bits per heavy atom. The second-order valence-electron chi connectivity index (χ2n) is 4.82. The Kier molecular flexibility index (Phi) is 4.13. The molecule has 3 N–H and O–H groups in total. The molecular weight excluding hydrogens is 246 g/mol. The summed E-state index contributed by atoms with van der Waals surface area (Å²) in [6.07, 6.45) is 3.24. The fourth-order valence-electron chi connectivity index (χ4n) is 2.39. The van der Waals surface area contributed by atoms with E-state index >= 15 is 0 Å². The van der Waals surface area contributed by atoms with E-state index in [2.05, 4.69) is 25.6 Å². The SMILES string of the molecule is CNc1nc(C)nc(N[C@H]2CCC[C@@H](C(=O)O)C2)n1. The van der Waals surface area contributed by atoms with E-state index in [-0.39, 0.29) is 12.0 Å². The van der Waals surface area contributed by atoms with Gasteiger partial charge >= 0.3 is 5.97 Å². The first kappa shape index (κ1) is 13.5. The third-order valence-electron chi connectivity index (χ3n) is 3.33. The third-order valence-corrected chi connectivity index (χ3v) is 3.33. The standard InChI is InChI=1S/C12H19N5O2/c1-7-14-11(13-2)17-12(15-7)16-9-5-3-4-8(6-9)10(18)19/h8-9H,3-6H2,1-2H3,(H,18,19)(H2,13,14,15,16,17)/t8-,9+/m1/s1. The Morgan fingerprint density at radius 3 is 2.68 bits per heavy atom. The zero-order valence-corrected chi connectivity index (χ0v) is 11.2. The predicted molar refractivity (Wildman–Crippen MR) is 71.1 cm³/mol. The van der Waals surface area contributed by atoms with Crippen LogP contribution in [0.15, 0.2) is 0 Å². The largest absolute Gasteiger partial charge is 0.481 e. The number of nitrogens with one attached hydrogen (secondary N) is 2. The fraction of sp³-hybridized carbons (Fsp3) is 0.667. The van der Waals surface area contributed by atoms with Gasteiger partial charge in [-0.05, 0) is 26.2 Å². The molecule has 1 saturated carbocycles. The molecule has 2 atom stereocenters. The molecule has 1 heterocycles. The molecule has 1 aromatic rings. The van der Waals surface area contributed by atoms with E-state index in [4.69, 9.17) is 5.11 Å². The highest BCUT2D eigenvalue weighted by atomic mass is 16.4. The van der Waals surface area contributed by atoms with Gasteiger partial charge in [0.25, 0.3) is 0 Å². The molecule has 0 radical (unpaired) electrons. The molecule has 0 aliphatic heterocycles. The summed E-state index contributed by atoms with van der Waals surface area (Å²) in [5, 5.41) is 15.2. The van der Waals surface area contributed by atoms with E-state index in [1.54, 1.807) is 14.0 Å². The number of aromatic nitrogens is 3. The smallest absolute Gasteiger partial charge is 0.306 e. The molecule has 0 amide bonds. The first-order valence-corrected chi connectivity index (χ1v) is 6.48. The molecule has 1 aliphatic carbocycles. The molecule has 0 spiro atoms. The molecule has 0 aromatic carbocycles. The van der Waals surface area contributed by atoms with Crippen molar-refractivity contribution in [2.75, 3.05) is 17.7 Å². The maximum Gasteiger partial charge on any atom is 0.306 e. The molecule has 7 heteroatoms. The highest BCUT2D eigenvalue weighted by molar-refractivity contribution is 5.70. The Hall–Kier alpha value is -1.92. The van der Waals surface area contributed by atoms with Crippen molar-refractivity contribution in [3.63, 3.8) is 0 Å². The summed E-state index contributed by atoms with van der Waals surface area (Å²) in [5.74, 6) is 0.674. The summed E-state index contributed by atoms with van der Waals surface area (Å²) in [5.41, 5.74) is 0. The first-order valence-electron chi connectivity index (χ1n) is 6.48. The van der Waals surface area contributed by atoms with Crippen LogP contribution in [0.5, 0.6) is 0 Å². The number of nitrogens with zero attached hydrogens (tertiary/aromatic N) is 3. The van der Waals surface area contributed by atoms with E-state index in [0.29, 0.717) is 24.1 Å². The van der Waals surface area contributed by atoms with E-state index in [9.17, 15) is 4.79 Å². The predicted octanol–water partition coefficient (Wildman–Crippen LogP) is 1.28. The number of rotatable bonds is 4. The van der Waals surface area contributed by atoms with Crippen molar-refractivity contribution in [2.45, 2.75) is 38.6 Å². The van der Waals surface area contributed by atoms with Crippen LogP contribution in [0.4, 0.5) is 11.9 Å². The van der Waals surface area contributed by atoms with Crippen molar-refractivity contribution in [1.29, 1.82) is 0 Å². The molecule has 1 aromatic heterocycles. The molecule has 19 heavy (non-hydrogen) atoms. The maximum absolute atomic E-state index is 11.0. The number of aryl methyl sites for hydroxylation is 1. The monoisotopic (exact) mass is 265 g/mol. The van der Waals surface area contributed by atoms with Crippen molar-refractivity contribution in [3.05, 3.63) is 5.82 Å². The molecule has 104 valence electrons. The molecule has 0 saturated heterocycles. The molecular formula is C12H19N5O2. The quantitative estimate of drug-likeness (QED) is 0.753. The Bertz CT molecular complexity index is 465. The van der Waals surface area contributed by atoms with Crippen LogP contribution in [0.2, 0.25) is 0 Å².